The molecule has 0 aliphatic heterocycles. The van der Waals surface area contributed by atoms with Gasteiger partial charge in [0.2, 0.25) is 0 Å². The van der Waals surface area contributed by atoms with E-state index < -0.39 is 14.5 Å². The minimum absolute atomic E-state index is 0. The van der Waals surface area contributed by atoms with Crippen LogP contribution in [0.4, 0.5) is 0 Å². The molecule has 74 valence electrons. The Morgan fingerprint density at radius 1 is 1.07 bits per heavy atom. The van der Waals surface area contributed by atoms with Crippen LogP contribution in [0.2, 0.25) is 11.6 Å². The minimum atomic E-state index is -0.840. The van der Waals surface area contributed by atoms with Crippen LogP contribution in [0.25, 0.3) is 0 Å². The van der Waals surface area contributed by atoms with Gasteiger partial charge in [-0.25, -0.2) is 0 Å². The van der Waals surface area contributed by atoms with Crippen LogP contribution in [0.5, 0.6) is 0 Å². The molecule has 0 aliphatic rings. The van der Waals surface area contributed by atoms with Crippen molar-refractivity contribution in [1.29, 1.82) is 0 Å². The van der Waals surface area contributed by atoms with Crippen LogP contribution in [-0.4, -0.2) is 37.5 Å². The van der Waals surface area contributed by atoms with E-state index in [9.17, 15) is 0 Å². The van der Waals surface area contributed by atoms with Gasteiger partial charge in [-0.05, 0) is 5.56 Å². The summed E-state index contributed by atoms with van der Waals surface area (Å²) in [5, 5.41) is 0. The maximum absolute atomic E-state index is 5.57. The van der Waals surface area contributed by atoms with Crippen molar-refractivity contribution in [2.75, 3.05) is 0 Å². The SMILES string of the molecule is [CH3][Al]([CH3])[O]Cc1ccccc1.[Cl-].[Cl-].[Mg+2]. The van der Waals surface area contributed by atoms with E-state index in [1.165, 1.54) is 5.56 Å². The average molecular weight is 259 g/mol. The molecular weight excluding hydrogens is 246 g/mol. The molecule has 0 aliphatic carbocycles. The minimum Gasteiger partial charge on any atom is -1.00 e. The second-order valence-electron chi connectivity index (χ2n) is 2.85. The summed E-state index contributed by atoms with van der Waals surface area (Å²) in [6.07, 6.45) is 0. The number of hydrogen-bond acceptors (Lipinski definition) is 1. The molecular formula is C9H13AlCl2MgO. The smallest absolute Gasteiger partial charge is 1.00 e. The Labute approximate surface area is 119 Å². The molecule has 0 radical (unpaired) electrons. The number of hydrogen-bond donors (Lipinski definition) is 0. The molecule has 0 fully saturated rings. The van der Waals surface area contributed by atoms with Crippen LogP contribution in [0, 0.1) is 0 Å². The van der Waals surface area contributed by atoms with Crippen LogP contribution in [0.1, 0.15) is 5.56 Å². The van der Waals surface area contributed by atoms with Crippen LogP contribution in [-0.2, 0) is 10.4 Å². The fourth-order valence-corrected chi connectivity index (χ4v) is 1.36. The van der Waals surface area contributed by atoms with Gasteiger partial charge >= 0.3 is 37.5 Å². The Morgan fingerprint density at radius 2 is 1.57 bits per heavy atom. The van der Waals surface area contributed by atoms with E-state index in [0.717, 1.165) is 6.61 Å². The van der Waals surface area contributed by atoms with Crippen LogP contribution >= 0.6 is 0 Å². The molecule has 0 amide bonds. The van der Waals surface area contributed by atoms with E-state index in [1.807, 2.05) is 18.2 Å². The molecule has 0 spiro atoms. The molecule has 0 saturated heterocycles. The van der Waals surface area contributed by atoms with Crippen molar-refractivity contribution < 1.29 is 28.6 Å². The van der Waals surface area contributed by atoms with E-state index in [4.69, 9.17) is 3.79 Å². The molecule has 0 aromatic heterocycles. The Hall–Kier alpha value is 1.06. The van der Waals surface area contributed by atoms with E-state index >= 15 is 0 Å². The van der Waals surface area contributed by atoms with E-state index in [0.29, 0.717) is 0 Å². The third-order valence-corrected chi connectivity index (χ3v) is 2.26. The fraction of sp³-hybridized carbons (Fsp3) is 0.333. The summed E-state index contributed by atoms with van der Waals surface area (Å²) in [4.78, 5) is 0. The zero-order valence-corrected chi connectivity index (χ0v) is 12.6. The summed E-state index contributed by atoms with van der Waals surface area (Å²) < 4.78 is 5.57. The van der Waals surface area contributed by atoms with Gasteiger partial charge < -0.3 is 28.6 Å². The number of benzene rings is 1. The molecule has 0 atom stereocenters. The van der Waals surface area contributed by atoms with Crippen molar-refractivity contribution in [2.24, 2.45) is 0 Å². The normalized spacial score (nSPS) is 7.57. The molecule has 0 saturated carbocycles. The van der Waals surface area contributed by atoms with Crippen molar-refractivity contribution in [3.8, 4) is 0 Å². The summed E-state index contributed by atoms with van der Waals surface area (Å²) in [7, 11) is 0. The van der Waals surface area contributed by atoms with Crippen molar-refractivity contribution in [3.05, 3.63) is 35.9 Å². The zero-order chi connectivity index (χ0) is 8.10. The van der Waals surface area contributed by atoms with E-state index in [2.05, 4.69) is 23.7 Å². The predicted octanol–water partition coefficient (Wildman–Crippen LogP) is -3.92. The van der Waals surface area contributed by atoms with E-state index in [-0.39, 0.29) is 47.9 Å². The van der Waals surface area contributed by atoms with Gasteiger partial charge in [-0.2, -0.15) is 0 Å². The van der Waals surface area contributed by atoms with Crippen molar-refractivity contribution in [1.82, 2.24) is 0 Å². The summed E-state index contributed by atoms with van der Waals surface area (Å²) in [5.41, 5.74) is 1.27. The van der Waals surface area contributed by atoms with Crippen molar-refractivity contribution >= 4 is 37.5 Å². The maximum Gasteiger partial charge on any atom is 2.00 e. The topological polar surface area (TPSA) is 9.23 Å². The summed E-state index contributed by atoms with van der Waals surface area (Å²) >= 11 is -0.840. The maximum atomic E-state index is 5.57. The van der Waals surface area contributed by atoms with Gasteiger partial charge in [-0.1, -0.05) is 41.9 Å². The van der Waals surface area contributed by atoms with Gasteiger partial charge in [-0.15, -0.1) is 0 Å². The Morgan fingerprint density at radius 3 is 2.00 bits per heavy atom. The van der Waals surface area contributed by atoms with Crippen molar-refractivity contribution in [3.63, 3.8) is 0 Å². The molecule has 5 heteroatoms. The van der Waals surface area contributed by atoms with Gasteiger partial charge in [0.1, 0.15) is 0 Å². The van der Waals surface area contributed by atoms with Crippen LogP contribution in [0.3, 0.4) is 0 Å². The third-order valence-electron chi connectivity index (χ3n) is 1.43. The standard InChI is InChI=1S/C7H7O.2CH3.Al.2ClH.Mg/c8-6-7-4-2-1-3-5-7;;;;;;/h1-5H,6H2;2*1H3;;2*1H;/q-1;;;+1;;;+2/p-2. The van der Waals surface area contributed by atoms with Gasteiger partial charge in [0.05, 0.1) is 0 Å². The molecule has 0 unspecified atom stereocenters. The average Bonchev–Trinajstić information content (AvgIpc) is 2.03. The molecule has 1 aromatic carbocycles. The summed E-state index contributed by atoms with van der Waals surface area (Å²) in [6.45, 7) is 0.782. The molecule has 1 rings (SSSR count). The molecule has 1 nitrogen and oxygen atoms in total. The van der Waals surface area contributed by atoms with Crippen molar-refractivity contribution in [2.45, 2.75) is 18.2 Å². The van der Waals surface area contributed by atoms with Crippen LogP contribution in [0.15, 0.2) is 30.3 Å². The molecule has 0 N–H and O–H groups in total. The van der Waals surface area contributed by atoms with Crippen LogP contribution < -0.4 is 24.8 Å². The Balaban J connectivity index is -0.000000403. The summed E-state index contributed by atoms with van der Waals surface area (Å²) in [6, 6.07) is 10.3. The first kappa shape index (κ1) is 20.5. The van der Waals surface area contributed by atoms with Gasteiger partial charge in [-0.3, -0.25) is 0 Å². The first-order chi connectivity index (χ1) is 5.29. The van der Waals surface area contributed by atoms with Gasteiger partial charge in [0.15, 0.2) is 0 Å². The van der Waals surface area contributed by atoms with Gasteiger partial charge in [0.25, 0.3) is 0 Å². The third kappa shape index (κ3) is 9.61. The van der Waals surface area contributed by atoms with E-state index in [1.54, 1.807) is 0 Å². The fourth-order valence-electron chi connectivity index (χ4n) is 0.837. The quantitative estimate of drug-likeness (QED) is 0.504. The molecule has 14 heavy (non-hydrogen) atoms. The second kappa shape index (κ2) is 12.1. The zero-order valence-electron chi connectivity index (χ0n) is 8.54. The Kier molecular flexibility index (Phi) is 17.7. The first-order valence-electron chi connectivity index (χ1n) is 3.94. The molecule has 0 bridgehead atoms. The predicted molar refractivity (Wildman–Crippen MR) is 54.5 cm³/mol. The number of rotatable bonds is 3. The first-order valence-corrected chi connectivity index (χ1v) is 6.72. The summed E-state index contributed by atoms with van der Waals surface area (Å²) in [5.74, 6) is 4.37. The molecule has 0 heterocycles. The Bertz CT molecular complexity index is 209. The largest absolute Gasteiger partial charge is 2.00 e. The monoisotopic (exact) mass is 258 g/mol. The number of halogens is 2. The molecule has 1 aromatic rings. The second-order valence-corrected chi connectivity index (χ2v) is 5.28. The van der Waals surface area contributed by atoms with Gasteiger partial charge in [0, 0.05) is 6.61 Å².